The molecule has 0 aromatic carbocycles. The minimum absolute atomic E-state index is 0.176. The maximum absolute atomic E-state index is 13.3. The lowest BCUT2D eigenvalue weighted by Gasteiger charge is -2.18. The molecule has 0 spiro atoms. The van der Waals surface area contributed by atoms with Gasteiger partial charge in [0.2, 0.25) is 0 Å². The Labute approximate surface area is 197 Å². The van der Waals surface area contributed by atoms with E-state index in [0.29, 0.717) is 34.2 Å². The quantitative estimate of drug-likeness (QED) is 0.471. The number of hydrogen-bond acceptors (Lipinski definition) is 7. The third kappa shape index (κ3) is 4.60. The molecule has 4 aromatic rings. The van der Waals surface area contributed by atoms with Crippen LogP contribution in [0, 0.1) is 20.8 Å². The predicted molar refractivity (Wildman–Crippen MR) is 128 cm³/mol. The Morgan fingerprint density at radius 3 is 2.56 bits per heavy atom. The van der Waals surface area contributed by atoms with Crippen molar-refractivity contribution in [1.82, 2.24) is 29.3 Å². The first-order chi connectivity index (χ1) is 16.0. The van der Waals surface area contributed by atoms with Crippen molar-refractivity contribution < 1.29 is 9.84 Å². The molecule has 9 nitrogen and oxygen atoms in total. The molecule has 0 aliphatic heterocycles. The highest BCUT2D eigenvalue weighted by Crippen LogP contribution is 2.25. The van der Waals surface area contributed by atoms with Crippen molar-refractivity contribution in [3.63, 3.8) is 0 Å². The minimum atomic E-state index is -1.18. The molecule has 1 N–H and O–H groups in total. The van der Waals surface area contributed by atoms with Crippen molar-refractivity contribution in [1.29, 1.82) is 0 Å². The van der Waals surface area contributed by atoms with Crippen molar-refractivity contribution >= 4 is 0 Å². The number of hydrogen-bond donors (Lipinski definition) is 1. The number of ether oxygens (including phenoxy) is 1. The van der Waals surface area contributed by atoms with Gasteiger partial charge in [0.15, 0.2) is 5.82 Å². The number of aromatic nitrogens is 6. The number of pyridine rings is 2. The second-order valence-corrected chi connectivity index (χ2v) is 8.87. The summed E-state index contributed by atoms with van der Waals surface area (Å²) in [5, 5.41) is 14.6. The Bertz CT molecular complexity index is 1420. The van der Waals surface area contributed by atoms with Crippen molar-refractivity contribution in [2.75, 3.05) is 0 Å². The lowest BCUT2D eigenvalue weighted by molar-refractivity contribution is 0.0688. The van der Waals surface area contributed by atoms with Gasteiger partial charge in [-0.1, -0.05) is 0 Å². The molecule has 0 aliphatic rings. The number of aliphatic hydroxyl groups is 1. The topological polar surface area (TPSA) is 108 Å². The van der Waals surface area contributed by atoms with E-state index in [0.717, 1.165) is 17.0 Å². The monoisotopic (exact) mass is 460 g/mol. The van der Waals surface area contributed by atoms with Gasteiger partial charge in [-0.25, -0.2) is 9.97 Å². The van der Waals surface area contributed by atoms with Gasteiger partial charge in [-0.15, -0.1) is 0 Å². The molecule has 0 aliphatic carbocycles. The Hall–Kier alpha value is -3.85. The van der Waals surface area contributed by atoms with Crippen LogP contribution in [0.15, 0.2) is 47.7 Å². The first-order valence-electron chi connectivity index (χ1n) is 10.9. The zero-order chi connectivity index (χ0) is 24.6. The van der Waals surface area contributed by atoms with Gasteiger partial charge in [-0.05, 0) is 58.4 Å². The summed E-state index contributed by atoms with van der Waals surface area (Å²) in [4.78, 5) is 26.6. The van der Waals surface area contributed by atoms with Crippen molar-refractivity contribution in [3.05, 3.63) is 81.5 Å². The molecule has 4 heterocycles. The normalized spacial score (nSPS) is 11.6. The van der Waals surface area contributed by atoms with Crippen LogP contribution in [0.3, 0.4) is 0 Å². The predicted octanol–water partition coefficient (Wildman–Crippen LogP) is 3.15. The maximum Gasteiger partial charge on any atom is 0.261 e. The maximum atomic E-state index is 13.3. The van der Waals surface area contributed by atoms with Gasteiger partial charge in [-0.2, -0.15) is 5.10 Å². The highest BCUT2D eigenvalue weighted by Gasteiger charge is 2.22. The minimum Gasteiger partial charge on any atom is -0.487 e. The fourth-order valence-corrected chi connectivity index (χ4v) is 3.64. The molecule has 0 atom stereocenters. The van der Waals surface area contributed by atoms with Gasteiger partial charge in [0.05, 0.1) is 28.3 Å². The van der Waals surface area contributed by atoms with Crippen molar-refractivity contribution in [3.8, 4) is 22.8 Å². The first-order valence-corrected chi connectivity index (χ1v) is 10.9. The summed E-state index contributed by atoms with van der Waals surface area (Å²) in [6, 6.07) is 7.31. The van der Waals surface area contributed by atoms with Crippen LogP contribution in [0.2, 0.25) is 0 Å². The second-order valence-electron chi connectivity index (χ2n) is 8.87. The lowest BCUT2D eigenvalue weighted by atomic mass is 10.1. The fourth-order valence-electron chi connectivity index (χ4n) is 3.64. The first kappa shape index (κ1) is 23.3. The smallest absolute Gasteiger partial charge is 0.261 e. The third-order valence-corrected chi connectivity index (χ3v) is 5.49. The molecule has 0 radical (unpaired) electrons. The molecule has 176 valence electrons. The molecule has 4 aromatic heterocycles. The van der Waals surface area contributed by atoms with E-state index < -0.39 is 5.60 Å². The van der Waals surface area contributed by atoms with Gasteiger partial charge in [0.25, 0.3) is 5.56 Å². The Kier molecular flexibility index (Phi) is 6.05. The number of nitrogens with zero attached hydrogens (tertiary/aromatic N) is 6. The lowest BCUT2D eigenvalue weighted by Crippen LogP contribution is -2.24. The molecule has 0 unspecified atom stereocenters. The van der Waals surface area contributed by atoms with E-state index in [2.05, 4.69) is 20.1 Å². The second kappa shape index (κ2) is 8.83. The van der Waals surface area contributed by atoms with E-state index in [1.807, 2.05) is 45.3 Å². The van der Waals surface area contributed by atoms with Crippen molar-refractivity contribution in [2.45, 2.75) is 46.8 Å². The molecule has 0 fully saturated rings. The van der Waals surface area contributed by atoms with Gasteiger partial charge < -0.3 is 9.84 Å². The molecular weight excluding hydrogens is 432 g/mol. The van der Waals surface area contributed by atoms with Crippen LogP contribution in [0.5, 0.6) is 5.75 Å². The Morgan fingerprint density at radius 1 is 1.12 bits per heavy atom. The van der Waals surface area contributed by atoms with Gasteiger partial charge >= 0.3 is 0 Å². The Balaban J connectivity index is 1.72. The number of rotatable bonds is 6. The largest absolute Gasteiger partial charge is 0.487 e. The molecular formula is C25H28N6O3. The summed E-state index contributed by atoms with van der Waals surface area (Å²) >= 11 is 0. The summed E-state index contributed by atoms with van der Waals surface area (Å²) in [5.41, 5.74) is 3.32. The zero-order valence-electron chi connectivity index (χ0n) is 20.2. The summed E-state index contributed by atoms with van der Waals surface area (Å²) in [6.45, 7) is 9.03. The average molecular weight is 461 g/mol. The van der Waals surface area contributed by atoms with E-state index >= 15 is 0 Å². The summed E-state index contributed by atoms with van der Waals surface area (Å²) in [6.07, 6.45) is 5.15. The van der Waals surface area contributed by atoms with Crippen molar-refractivity contribution in [2.24, 2.45) is 7.05 Å². The van der Waals surface area contributed by atoms with Gasteiger partial charge in [0.1, 0.15) is 18.0 Å². The van der Waals surface area contributed by atoms with Crippen LogP contribution in [-0.2, 0) is 19.3 Å². The summed E-state index contributed by atoms with van der Waals surface area (Å²) < 4.78 is 9.23. The molecule has 34 heavy (non-hydrogen) atoms. The summed E-state index contributed by atoms with van der Waals surface area (Å²) in [5.74, 6) is 0.832. The zero-order valence-corrected chi connectivity index (χ0v) is 20.2. The van der Waals surface area contributed by atoms with E-state index in [1.54, 1.807) is 48.5 Å². The highest BCUT2D eigenvalue weighted by atomic mass is 16.5. The fraction of sp³-hybridized carbons (Fsp3) is 0.320. The van der Waals surface area contributed by atoms with E-state index in [9.17, 15) is 9.90 Å². The van der Waals surface area contributed by atoms with Crippen LogP contribution in [0.1, 0.15) is 42.2 Å². The van der Waals surface area contributed by atoms with E-state index in [4.69, 9.17) is 4.74 Å². The highest BCUT2D eigenvalue weighted by molar-refractivity contribution is 5.61. The molecule has 9 heteroatoms. The van der Waals surface area contributed by atoms with Crippen LogP contribution in [0.25, 0.3) is 17.1 Å². The standard InChI is InChI=1S/C25H28N6O3/c1-15-13-27-24(25(4,5)33)28-22(15)20-12-19(7-9-26-20)31-16(2)11-21(17(3)23(31)32)34-14-18-8-10-30(6)29-18/h7-13,33H,14H2,1-6H3. The third-order valence-electron chi connectivity index (χ3n) is 5.49. The molecule has 0 amide bonds. The Morgan fingerprint density at radius 2 is 1.88 bits per heavy atom. The van der Waals surface area contributed by atoms with Gasteiger partial charge in [0, 0.05) is 37.4 Å². The number of aryl methyl sites for hydroxylation is 3. The molecule has 0 bridgehead atoms. The van der Waals surface area contributed by atoms with Crippen LogP contribution in [-0.4, -0.2) is 34.4 Å². The van der Waals surface area contributed by atoms with Crippen LogP contribution < -0.4 is 10.3 Å². The summed E-state index contributed by atoms with van der Waals surface area (Å²) in [7, 11) is 1.84. The van der Waals surface area contributed by atoms with Crippen LogP contribution in [0.4, 0.5) is 0 Å². The molecule has 0 saturated heterocycles. The van der Waals surface area contributed by atoms with Gasteiger partial charge in [-0.3, -0.25) is 19.0 Å². The molecule has 0 saturated carbocycles. The average Bonchev–Trinajstić information content (AvgIpc) is 3.20. The van der Waals surface area contributed by atoms with Crippen LogP contribution >= 0.6 is 0 Å². The van der Waals surface area contributed by atoms with E-state index in [1.165, 1.54) is 0 Å². The molecule has 4 rings (SSSR count). The van der Waals surface area contributed by atoms with E-state index in [-0.39, 0.29) is 12.2 Å². The SMILES string of the molecule is Cc1cnc(C(C)(C)O)nc1-c1cc(-n2c(C)cc(OCc3ccn(C)n3)c(C)c2=O)ccn1.